The highest BCUT2D eigenvalue weighted by Crippen LogP contribution is 2.17. The van der Waals surface area contributed by atoms with Crippen molar-refractivity contribution in [3.05, 3.63) is 70.2 Å². The molecule has 0 unspecified atom stereocenters. The summed E-state index contributed by atoms with van der Waals surface area (Å²) < 4.78 is 0. The Morgan fingerprint density at radius 1 is 1.11 bits per heavy atom. The minimum atomic E-state index is -0.0848. The molecule has 1 aliphatic rings. The highest BCUT2D eigenvalue weighted by Gasteiger charge is 2.19. The molecule has 6 heteroatoms. The van der Waals surface area contributed by atoms with E-state index < -0.39 is 0 Å². The summed E-state index contributed by atoms with van der Waals surface area (Å²) in [7, 11) is 0. The Hall–Kier alpha value is -2.21. The summed E-state index contributed by atoms with van der Waals surface area (Å²) in [5, 5.41) is 4.86. The van der Waals surface area contributed by atoms with Gasteiger partial charge in [-0.05, 0) is 24.1 Å². The minimum Gasteiger partial charge on any atom is -0.296 e. The van der Waals surface area contributed by atoms with Crippen LogP contribution in [0.25, 0.3) is 0 Å². The predicted molar refractivity (Wildman–Crippen MR) is 110 cm³/mol. The van der Waals surface area contributed by atoms with Crippen molar-refractivity contribution in [3.8, 4) is 0 Å². The number of nitrogens with one attached hydrogen (secondary N) is 1. The molecular weight excluding hydrogens is 360 g/mol. The summed E-state index contributed by atoms with van der Waals surface area (Å²) in [6, 6.07) is 15.9. The van der Waals surface area contributed by atoms with Gasteiger partial charge in [0.15, 0.2) is 0 Å². The number of nitrogens with zero attached hydrogens (tertiary/aromatic N) is 3. The molecule has 3 rings (SSSR count). The SMILES string of the molecule is Cc1cccc(/C=N/NC(=O)CN2CCN(Cc3ccccc3Cl)CC2)c1. The van der Waals surface area contributed by atoms with Crippen LogP contribution in [0, 0.1) is 6.92 Å². The number of aryl methyl sites for hydroxylation is 1. The zero-order valence-corrected chi connectivity index (χ0v) is 16.3. The van der Waals surface area contributed by atoms with Gasteiger partial charge in [0.1, 0.15) is 0 Å². The number of hydrogen-bond donors (Lipinski definition) is 1. The van der Waals surface area contributed by atoms with Gasteiger partial charge in [-0.1, -0.05) is 59.6 Å². The number of hydrazone groups is 1. The molecule has 142 valence electrons. The fourth-order valence-electron chi connectivity index (χ4n) is 3.14. The lowest BCUT2D eigenvalue weighted by atomic mass is 10.2. The topological polar surface area (TPSA) is 47.9 Å². The summed E-state index contributed by atoms with van der Waals surface area (Å²) in [6.07, 6.45) is 1.67. The van der Waals surface area contributed by atoms with Gasteiger partial charge in [0.25, 0.3) is 5.91 Å². The third-order valence-electron chi connectivity index (χ3n) is 4.63. The van der Waals surface area contributed by atoms with Crippen molar-refractivity contribution in [2.45, 2.75) is 13.5 Å². The van der Waals surface area contributed by atoms with E-state index in [9.17, 15) is 4.79 Å². The summed E-state index contributed by atoms with van der Waals surface area (Å²) in [5.74, 6) is -0.0848. The van der Waals surface area contributed by atoms with E-state index >= 15 is 0 Å². The maximum atomic E-state index is 12.1. The first-order valence-electron chi connectivity index (χ1n) is 9.17. The normalized spacial score (nSPS) is 15.9. The Morgan fingerprint density at radius 3 is 2.59 bits per heavy atom. The summed E-state index contributed by atoms with van der Waals surface area (Å²) in [5.41, 5.74) is 5.91. The third kappa shape index (κ3) is 6.17. The van der Waals surface area contributed by atoms with Crippen molar-refractivity contribution in [1.29, 1.82) is 0 Å². The molecule has 1 heterocycles. The second-order valence-electron chi connectivity index (χ2n) is 6.85. The van der Waals surface area contributed by atoms with Crippen molar-refractivity contribution >= 4 is 23.7 Å². The summed E-state index contributed by atoms with van der Waals surface area (Å²) in [4.78, 5) is 16.6. The van der Waals surface area contributed by atoms with Crippen LogP contribution < -0.4 is 5.43 Å². The fraction of sp³-hybridized carbons (Fsp3) is 0.333. The van der Waals surface area contributed by atoms with E-state index in [2.05, 4.69) is 26.4 Å². The highest BCUT2D eigenvalue weighted by atomic mass is 35.5. The van der Waals surface area contributed by atoms with Crippen LogP contribution >= 0.6 is 11.6 Å². The Bertz CT molecular complexity index is 800. The Labute approximate surface area is 165 Å². The average Bonchev–Trinajstić information content (AvgIpc) is 2.65. The van der Waals surface area contributed by atoms with Gasteiger partial charge in [0.2, 0.25) is 0 Å². The monoisotopic (exact) mass is 384 g/mol. The van der Waals surface area contributed by atoms with E-state index in [1.165, 1.54) is 5.56 Å². The largest absolute Gasteiger partial charge is 0.296 e. The standard InChI is InChI=1S/C21H25ClN4O/c1-17-5-4-6-18(13-17)14-23-24-21(27)16-26-11-9-25(10-12-26)15-19-7-2-3-8-20(19)22/h2-8,13-14H,9-12,15-16H2,1H3,(H,24,27)/b23-14+. The summed E-state index contributed by atoms with van der Waals surface area (Å²) in [6.45, 7) is 6.81. The van der Waals surface area contributed by atoms with Crippen LogP contribution in [0.3, 0.4) is 0 Å². The van der Waals surface area contributed by atoms with Crippen molar-refractivity contribution in [1.82, 2.24) is 15.2 Å². The van der Waals surface area contributed by atoms with Gasteiger partial charge >= 0.3 is 0 Å². The number of carbonyl (C=O) groups is 1. The van der Waals surface area contributed by atoms with E-state index in [4.69, 9.17) is 11.6 Å². The summed E-state index contributed by atoms with van der Waals surface area (Å²) >= 11 is 6.24. The Balaban J connectivity index is 1.39. The van der Waals surface area contributed by atoms with Crippen LogP contribution in [-0.2, 0) is 11.3 Å². The van der Waals surface area contributed by atoms with E-state index in [-0.39, 0.29) is 5.91 Å². The second-order valence-corrected chi connectivity index (χ2v) is 7.26. The zero-order valence-electron chi connectivity index (χ0n) is 15.6. The third-order valence-corrected chi connectivity index (χ3v) is 5.00. The minimum absolute atomic E-state index is 0.0848. The molecule has 5 nitrogen and oxygen atoms in total. The van der Waals surface area contributed by atoms with Crippen LogP contribution in [-0.4, -0.2) is 54.6 Å². The molecule has 1 amide bonds. The molecule has 0 bridgehead atoms. The smallest absolute Gasteiger partial charge is 0.254 e. The van der Waals surface area contributed by atoms with Crippen LogP contribution in [0.5, 0.6) is 0 Å². The maximum absolute atomic E-state index is 12.1. The lowest BCUT2D eigenvalue weighted by Gasteiger charge is -2.34. The molecule has 2 aromatic carbocycles. The van der Waals surface area contributed by atoms with Gasteiger partial charge in [-0.15, -0.1) is 0 Å². The van der Waals surface area contributed by atoms with Gasteiger partial charge in [-0.2, -0.15) is 5.10 Å². The molecule has 1 aliphatic heterocycles. The van der Waals surface area contributed by atoms with Gasteiger partial charge in [0.05, 0.1) is 12.8 Å². The zero-order chi connectivity index (χ0) is 19.1. The first-order chi connectivity index (χ1) is 13.1. The Morgan fingerprint density at radius 2 is 1.85 bits per heavy atom. The molecule has 2 aromatic rings. The molecule has 1 fully saturated rings. The molecule has 0 atom stereocenters. The van der Waals surface area contributed by atoms with Crippen LogP contribution in [0.2, 0.25) is 5.02 Å². The number of carbonyl (C=O) groups excluding carboxylic acids is 1. The quantitative estimate of drug-likeness (QED) is 0.615. The Kier molecular flexibility index (Phi) is 6.98. The fourth-order valence-corrected chi connectivity index (χ4v) is 3.34. The number of halogens is 1. The van der Waals surface area contributed by atoms with Crippen LogP contribution in [0.4, 0.5) is 0 Å². The van der Waals surface area contributed by atoms with E-state index in [0.717, 1.165) is 48.9 Å². The van der Waals surface area contributed by atoms with E-state index in [0.29, 0.717) is 6.54 Å². The maximum Gasteiger partial charge on any atom is 0.254 e. The molecule has 1 saturated heterocycles. The molecule has 0 radical (unpaired) electrons. The number of piperazine rings is 1. The molecule has 0 aliphatic carbocycles. The van der Waals surface area contributed by atoms with E-state index in [1.807, 2.05) is 49.4 Å². The number of hydrogen-bond acceptors (Lipinski definition) is 4. The van der Waals surface area contributed by atoms with Crippen LogP contribution in [0.1, 0.15) is 16.7 Å². The number of amides is 1. The average molecular weight is 385 g/mol. The van der Waals surface area contributed by atoms with Crippen molar-refractivity contribution < 1.29 is 4.79 Å². The van der Waals surface area contributed by atoms with E-state index in [1.54, 1.807) is 6.21 Å². The van der Waals surface area contributed by atoms with Crippen molar-refractivity contribution in [2.24, 2.45) is 5.10 Å². The molecule has 1 N–H and O–H groups in total. The molecule has 0 saturated carbocycles. The molecular formula is C21H25ClN4O. The first kappa shape index (κ1) is 19.5. The van der Waals surface area contributed by atoms with Gasteiger partial charge < -0.3 is 0 Å². The van der Waals surface area contributed by atoms with Gasteiger partial charge in [0, 0.05) is 37.7 Å². The number of rotatable bonds is 6. The second kappa shape index (κ2) is 9.65. The van der Waals surface area contributed by atoms with Crippen LogP contribution in [0.15, 0.2) is 53.6 Å². The molecule has 0 aromatic heterocycles. The van der Waals surface area contributed by atoms with Gasteiger partial charge in [-0.3, -0.25) is 14.6 Å². The predicted octanol–water partition coefficient (Wildman–Crippen LogP) is 2.92. The molecule has 27 heavy (non-hydrogen) atoms. The van der Waals surface area contributed by atoms with Crippen molar-refractivity contribution in [3.63, 3.8) is 0 Å². The highest BCUT2D eigenvalue weighted by molar-refractivity contribution is 6.31. The van der Waals surface area contributed by atoms with Crippen molar-refractivity contribution in [2.75, 3.05) is 32.7 Å². The lowest BCUT2D eigenvalue weighted by Crippen LogP contribution is -2.48. The lowest BCUT2D eigenvalue weighted by molar-refractivity contribution is -0.122. The number of benzene rings is 2. The molecule has 0 spiro atoms. The first-order valence-corrected chi connectivity index (χ1v) is 9.54. The van der Waals surface area contributed by atoms with Gasteiger partial charge in [-0.25, -0.2) is 5.43 Å².